The van der Waals surface area contributed by atoms with Crippen LogP contribution >= 0.6 is 0 Å². The molecule has 0 amide bonds. The highest BCUT2D eigenvalue weighted by molar-refractivity contribution is 5.31. The summed E-state index contributed by atoms with van der Waals surface area (Å²) in [5, 5.41) is 0. The smallest absolute Gasteiger partial charge is 0.119 e. The van der Waals surface area contributed by atoms with Crippen molar-refractivity contribution in [3.05, 3.63) is 54.1 Å². The highest BCUT2D eigenvalue weighted by atomic mass is 16.5. The number of nitrogens with zero attached hydrogens (tertiary/aromatic N) is 1. The molecule has 1 atom stereocenters. The normalized spacial score (nSPS) is 16.4. The number of allylic oxidation sites excluding steroid dienone is 1. The third-order valence-corrected chi connectivity index (χ3v) is 4.27. The number of rotatable bonds is 7. The Morgan fingerprint density at radius 2 is 2.24 bits per heavy atom. The molecule has 0 fully saturated rings. The number of likely N-dealkylation sites (N-methyl/N-ethyl adjacent to an activating group) is 1. The number of hydrogen-bond acceptors (Lipinski definition) is 2. The Hall–Kier alpha value is -1.54. The Morgan fingerprint density at radius 1 is 1.38 bits per heavy atom. The lowest BCUT2D eigenvalue weighted by Gasteiger charge is -2.29. The zero-order valence-corrected chi connectivity index (χ0v) is 13.3. The van der Waals surface area contributed by atoms with Crippen molar-refractivity contribution in [3.63, 3.8) is 0 Å². The lowest BCUT2D eigenvalue weighted by atomic mass is 9.91. The van der Waals surface area contributed by atoms with Gasteiger partial charge in [-0.3, -0.25) is 4.90 Å². The van der Waals surface area contributed by atoms with Crippen LogP contribution in [0.4, 0.5) is 0 Å². The number of methoxy groups -OCH3 is 1. The van der Waals surface area contributed by atoms with E-state index in [9.17, 15) is 0 Å². The summed E-state index contributed by atoms with van der Waals surface area (Å²) in [6.45, 7) is 4.77. The average molecular weight is 285 g/mol. The van der Waals surface area contributed by atoms with Crippen molar-refractivity contribution < 1.29 is 4.74 Å². The summed E-state index contributed by atoms with van der Waals surface area (Å²) in [7, 11) is 3.90. The zero-order valence-electron chi connectivity index (χ0n) is 13.3. The minimum absolute atomic E-state index is 0.391. The van der Waals surface area contributed by atoms with E-state index in [1.54, 1.807) is 12.7 Å². The van der Waals surface area contributed by atoms with Crippen LogP contribution < -0.4 is 4.74 Å². The Labute approximate surface area is 129 Å². The molecule has 2 rings (SSSR count). The molecule has 2 nitrogen and oxygen atoms in total. The molecule has 0 heterocycles. The molecular weight excluding hydrogens is 258 g/mol. The Morgan fingerprint density at radius 3 is 2.90 bits per heavy atom. The molecule has 0 bridgehead atoms. The van der Waals surface area contributed by atoms with E-state index in [0.29, 0.717) is 6.04 Å². The maximum Gasteiger partial charge on any atom is 0.119 e. The van der Waals surface area contributed by atoms with Crippen molar-refractivity contribution >= 4 is 0 Å². The first-order valence-electron chi connectivity index (χ1n) is 7.87. The van der Waals surface area contributed by atoms with Gasteiger partial charge in [-0.15, -0.1) is 6.58 Å². The first-order valence-corrected chi connectivity index (χ1v) is 7.87. The van der Waals surface area contributed by atoms with Gasteiger partial charge < -0.3 is 4.74 Å². The topological polar surface area (TPSA) is 12.5 Å². The highest BCUT2D eigenvalue weighted by Gasteiger charge is 2.19. The zero-order chi connectivity index (χ0) is 15.1. The lowest BCUT2D eigenvalue weighted by molar-refractivity contribution is 0.265. The van der Waals surface area contributed by atoms with E-state index in [1.807, 2.05) is 12.1 Å². The predicted octanol–water partition coefficient (Wildman–Crippen LogP) is 4.74. The van der Waals surface area contributed by atoms with E-state index in [1.165, 1.54) is 31.2 Å². The summed E-state index contributed by atoms with van der Waals surface area (Å²) < 4.78 is 5.38. The van der Waals surface area contributed by atoms with E-state index in [0.717, 1.165) is 18.7 Å². The van der Waals surface area contributed by atoms with Crippen LogP contribution in [0.2, 0.25) is 0 Å². The van der Waals surface area contributed by atoms with Crippen LogP contribution in [0, 0.1) is 0 Å². The lowest BCUT2D eigenvalue weighted by Crippen LogP contribution is -2.25. The second kappa shape index (κ2) is 8.04. The van der Waals surface area contributed by atoms with Crippen molar-refractivity contribution in [1.29, 1.82) is 0 Å². The molecule has 0 N–H and O–H groups in total. The predicted molar refractivity (Wildman–Crippen MR) is 89.7 cm³/mol. The second-order valence-corrected chi connectivity index (χ2v) is 5.83. The molecule has 1 aromatic rings. The maximum absolute atomic E-state index is 5.38. The van der Waals surface area contributed by atoms with Crippen molar-refractivity contribution in [2.45, 2.75) is 38.1 Å². The number of hydrogen-bond donors (Lipinski definition) is 0. The standard InChI is InChI=1S/C19H27NO/c1-4-13-20(2)19(14-16-9-6-5-7-10-16)17-11-8-12-18(15-17)21-3/h4,8-9,11-12,15,19H,1,5-7,10,13-14H2,2-3H3. The van der Waals surface area contributed by atoms with Gasteiger partial charge in [-0.2, -0.15) is 0 Å². The molecule has 0 saturated carbocycles. The quantitative estimate of drug-likeness (QED) is 0.671. The van der Waals surface area contributed by atoms with Crippen LogP contribution in [0.5, 0.6) is 5.75 Å². The Bertz CT molecular complexity index is 492. The molecule has 21 heavy (non-hydrogen) atoms. The monoisotopic (exact) mass is 285 g/mol. The van der Waals surface area contributed by atoms with Gasteiger partial charge in [-0.1, -0.05) is 29.9 Å². The van der Waals surface area contributed by atoms with Crippen LogP contribution in [0.25, 0.3) is 0 Å². The Balaban J connectivity index is 2.21. The SMILES string of the molecule is C=CCN(C)C(CC1=CCCCC1)c1cccc(OC)c1. The fourth-order valence-corrected chi connectivity index (χ4v) is 3.05. The van der Waals surface area contributed by atoms with E-state index < -0.39 is 0 Å². The first-order chi connectivity index (χ1) is 10.2. The highest BCUT2D eigenvalue weighted by Crippen LogP contribution is 2.32. The van der Waals surface area contributed by atoms with Crippen molar-refractivity contribution in [1.82, 2.24) is 4.90 Å². The molecule has 1 aliphatic carbocycles. The summed E-state index contributed by atoms with van der Waals surface area (Å²) in [6.07, 6.45) is 10.7. The molecule has 1 unspecified atom stereocenters. The van der Waals surface area contributed by atoms with Crippen LogP contribution in [0.3, 0.4) is 0 Å². The Kier molecular flexibility index (Phi) is 6.06. The number of ether oxygens (including phenoxy) is 1. The minimum Gasteiger partial charge on any atom is -0.497 e. The van der Waals surface area contributed by atoms with Crippen LogP contribution in [0.1, 0.15) is 43.7 Å². The third-order valence-electron chi connectivity index (χ3n) is 4.27. The van der Waals surface area contributed by atoms with Gasteiger partial charge in [0.1, 0.15) is 5.75 Å². The summed E-state index contributed by atoms with van der Waals surface area (Å²) in [4.78, 5) is 2.37. The summed E-state index contributed by atoms with van der Waals surface area (Å²) >= 11 is 0. The van der Waals surface area contributed by atoms with E-state index in [2.05, 4.69) is 42.8 Å². The van der Waals surface area contributed by atoms with Gasteiger partial charge in [0.2, 0.25) is 0 Å². The molecule has 0 aliphatic heterocycles. The van der Waals surface area contributed by atoms with Gasteiger partial charge in [-0.05, 0) is 56.8 Å². The number of benzene rings is 1. The molecular formula is C19H27NO. The van der Waals surface area contributed by atoms with Crippen molar-refractivity contribution in [3.8, 4) is 5.75 Å². The van der Waals surface area contributed by atoms with Crippen LogP contribution in [-0.2, 0) is 0 Å². The fraction of sp³-hybridized carbons (Fsp3) is 0.474. The second-order valence-electron chi connectivity index (χ2n) is 5.83. The van der Waals surface area contributed by atoms with E-state index in [4.69, 9.17) is 4.74 Å². The van der Waals surface area contributed by atoms with E-state index in [-0.39, 0.29) is 0 Å². The molecule has 0 spiro atoms. The molecule has 2 heteroatoms. The van der Waals surface area contributed by atoms with Gasteiger partial charge >= 0.3 is 0 Å². The van der Waals surface area contributed by atoms with Gasteiger partial charge in [0.05, 0.1) is 7.11 Å². The molecule has 1 aromatic carbocycles. The minimum atomic E-state index is 0.391. The molecule has 1 aliphatic rings. The average Bonchev–Trinajstić information content (AvgIpc) is 2.54. The molecule has 0 aromatic heterocycles. The summed E-state index contributed by atoms with van der Waals surface area (Å²) in [5.41, 5.74) is 2.93. The van der Waals surface area contributed by atoms with Crippen LogP contribution in [-0.4, -0.2) is 25.6 Å². The van der Waals surface area contributed by atoms with Crippen molar-refractivity contribution in [2.24, 2.45) is 0 Å². The fourth-order valence-electron chi connectivity index (χ4n) is 3.05. The molecule has 0 saturated heterocycles. The third kappa shape index (κ3) is 4.47. The van der Waals surface area contributed by atoms with Gasteiger partial charge in [0.25, 0.3) is 0 Å². The van der Waals surface area contributed by atoms with Crippen LogP contribution in [0.15, 0.2) is 48.6 Å². The maximum atomic E-state index is 5.38. The molecule has 0 radical (unpaired) electrons. The summed E-state index contributed by atoms with van der Waals surface area (Å²) in [6, 6.07) is 8.85. The van der Waals surface area contributed by atoms with Gasteiger partial charge in [-0.25, -0.2) is 0 Å². The first kappa shape index (κ1) is 15.8. The van der Waals surface area contributed by atoms with Gasteiger partial charge in [0.15, 0.2) is 0 Å². The van der Waals surface area contributed by atoms with Gasteiger partial charge in [0, 0.05) is 12.6 Å². The molecule has 114 valence electrons. The van der Waals surface area contributed by atoms with E-state index >= 15 is 0 Å². The largest absolute Gasteiger partial charge is 0.497 e. The summed E-state index contributed by atoms with van der Waals surface area (Å²) in [5.74, 6) is 0.933. The van der Waals surface area contributed by atoms with Crippen molar-refractivity contribution in [2.75, 3.05) is 20.7 Å².